The van der Waals surface area contributed by atoms with E-state index in [1.165, 1.54) is 11.8 Å². The Morgan fingerprint density at radius 1 is 1.42 bits per heavy atom. The summed E-state index contributed by atoms with van der Waals surface area (Å²) in [5.74, 6) is 0.477. The van der Waals surface area contributed by atoms with E-state index in [1.807, 2.05) is 6.26 Å². The number of amides is 1. The quantitative estimate of drug-likeness (QED) is 0.576. The van der Waals surface area contributed by atoms with Crippen LogP contribution >= 0.6 is 11.8 Å². The van der Waals surface area contributed by atoms with E-state index in [-0.39, 0.29) is 5.91 Å². The number of methoxy groups -OCH3 is 1. The average Bonchev–Trinajstić information content (AvgIpc) is 3.06. The Labute approximate surface area is 143 Å². The van der Waals surface area contributed by atoms with Crippen molar-refractivity contribution in [2.45, 2.75) is 5.16 Å². The van der Waals surface area contributed by atoms with Crippen molar-refractivity contribution in [1.82, 2.24) is 24.9 Å². The van der Waals surface area contributed by atoms with Gasteiger partial charge in [-0.25, -0.2) is 9.50 Å². The van der Waals surface area contributed by atoms with Gasteiger partial charge < -0.3 is 19.7 Å². The molecule has 3 rings (SSSR count). The van der Waals surface area contributed by atoms with Gasteiger partial charge in [-0.05, 0) is 6.26 Å². The highest BCUT2D eigenvalue weighted by Crippen LogP contribution is 2.22. The topological polar surface area (TPSA) is 93.9 Å². The van der Waals surface area contributed by atoms with E-state index in [9.17, 15) is 4.79 Å². The number of hydrogen-bond donors (Lipinski definition) is 1. The van der Waals surface area contributed by atoms with Crippen molar-refractivity contribution in [3.05, 3.63) is 11.9 Å². The number of thioether (sulfide) groups is 1. The molecule has 130 valence electrons. The molecule has 0 aromatic carbocycles. The molecule has 0 aliphatic carbocycles. The summed E-state index contributed by atoms with van der Waals surface area (Å²) >= 11 is 1.45. The molecule has 2 aromatic heterocycles. The molecule has 10 heteroatoms. The maximum Gasteiger partial charge on any atom is 0.271 e. The van der Waals surface area contributed by atoms with E-state index >= 15 is 0 Å². The van der Waals surface area contributed by atoms with Crippen molar-refractivity contribution in [1.29, 1.82) is 0 Å². The summed E-state index contributed by atoms with van der Waals surface area (Å²) in [6, 6.07) is 0. The highest BCUT2D eigenvalue weighted by molar-refractivity contribution is 7.98. The molecule has 0 unspecified atom stereocenters. The van der Waals surface area contributed by atoms with Gasteiger partial charge in [0.25, 0.3) is 5.91 Å². The van der Waals surface area contributed by atoms with Gasteiger partial charge in [0.15, 0.2) is 11.5 Å². The molecule has 0 saturated carbocycles. The van der Waals surface area contributed by atoms with Gasteiger partial charge in [0.1, 0.15) is 5.69 Å². The van der Waals surface area contributed by atoms with E-state index in [4.69, 9.17) is 9.47 Å². The van der Waals surface area contributed by atoms with E-state index < -0.39 is 0 Å². The van der Waals surface area contributed by atoms with Crippen molar-refractivity contribution in [2.75, 3.05) is 57.7 Å². The number of hydrogen-bond acceptors (Lipinski definition) is 8. The lowest BCUT2D eigenvalue weighted by Crippen LogP contribution is -2.37. The van der Waals surface area contributed by atoms with Crippen molar-refractivity contribution in [3.63, 3.8) is 0 Å². The molecule has 1 aliphatic heterocycles. The van der Waals surface area contributed by atoms with Gasteiger partial charge in [0.2, 0.25) is 5.16 Å². The first-order valence-corrected chi connectivity index (χ1v) is 8.86. The summed E-state index contributed by atoms with van der Waals surface area (Å²) in [5, 5.41) is 7.79. The molecule has 2 aromatic rings. The molecule has 0 bridgehead atoms. The van der Waals surface area contributed by atoms with Gasteiger partial charge >= 0.3 is 0 Å². The number of carbonyl (C=O) groups is 1. The SMILES string of the molecule is COCCNC(=O)c1cn2nc(SC)nc(N3CCOCC3)c2n1. The lowest BCUT2D eigenvalue weighted by atomic mass is 10.4. The first-order chi connectivity index (χ1) is 11.7. The minimum atomic E-state index is -0.254. The minimum Gasteiger partial charge on any atom is -0.383 e. The second-order valence-electron chi connectivity index (χ2n) is 5.16. The molecule has 24 heavy (non-hydrogen) atoms. The summed E-state index contributed by atoms with van der Waals surface area (Å²) in [5.41, 5.74) is 0.889. The molecule has 0 radical (unpaired) electrons. The van der Waals surface area contributed by atoms with Crippen LogP contribution in [0.1, 0.15) is 10.5 Å². The van der Waals surface area contributed by atoms with Crippen LogP contribution in [-0.2, 0) is 9.47 Å². The van der Waals surface area contributed by atoms with E-state index in [0.29, 0.717) is 42.9 Å². The fraction of sp³-hybridized carbons (Fsp3) is 0.571. The molecule has 1 N–H and O–H groups in total. The third-order valence-corrected chi connectivity index (χ3v) is 4.14. The van der Waals surface area contributed by atoms with Gasteiger partial charge in [-0.3, -0.25) is 4.79 Å². The molecule has 1 saturated heterocycles. The molecule has 0 atom stereocenters. The number of aromatic nitrogens is 4. The van der Waals surface area contributed by atoms with Gasteiger partial charge in [-0.2, -0.15) is 4.98 Å². The zero-order valence-corrected chi connectivity index (χ0v) is 14.5. The standard InChI is InChI=1S/C14H20N6O3S/c1-22-6-3-15-13(21)10-9-20-12(16-10)11(17-14(18-20)24-2)19-4-7-23-8-5-19/h9H,3-8H2,1-2H3,(H,15,21). The van der Waals surface area contributed by atoms with Crippen molar-refractivity contribution in [3.8, 4) is 0 Å². The number of nitrogens with zero attached hydrogens (tertiary/aromatic N) is 5. The Kier molecular flexibility index (Phi) is 5.48. The highest BCUT2D eigenvalue weighted by atomic mass is 32.2. The molecule has 0 spiro atoms. The van der Waals surface area contributed by atoms with Crippen LogP contribution < -0.4 is 10.2 Å². The van der Waals surface area contributed by atoms with E-state index in [0.717, 1.165) is 18.9 Å². The fourth-order valence-electron chi connectivity index (χ4n) is 2.40. The Balaban J connectivity index is 1.93. The summed E-state index contributed by atoms with van der Waals surface area (Å²) in [4.78, 5) is 23.3. The Morgan fingerprint density at radius 3 is 2.92 bits per heavy atom. The lowest BCUT2D eigenvalue weighted by molar-refractivity contribution is 0.0932. The molecule has 9 nitrogen and oxygen atoms in total. The number of ether oxygens (including phenoxy) is 2. The van der Waals surface area contributed by atoms with Crippen LogP contribution in [0.5, 0.6) is 0 Å². The lowest BCUT2D eigenvalue weighted by Gasteiger charge is -2.27. The van der Waals surface area contributed by atoms with Crippen molar-refractivity contribution >= 4 is 29.1 Å². The molecule has 3 heterocycles. The molecule has 1 fully saturated rings. The van der Waals surface area contributed by atoms with Crippen molar-refractivity contribution < 1.29 is 14.3 Å². The van der Waals surface area contributed by atoms with Crippen LogP contribution in [0, 0.1) is 0 Å². The first-order valence-electron chi connectivity index (χ1n) is 7.64. The maximum atomic E-state index is 12.2. The average molecular weight is 352 g/mol. The Morgan fingerprint density at radius 2 is 2.21 bits per heavy atom. The molecule has 1 amide bonds. The van der Waals surface area contributed by atoms with Gasteiger partial charge in [-0.15, -0.1) is 5.10 Å². The van der Waals surface area contributed by atoms with Crippen molar-refractivity contribution in [2.24, 2.45) is 0 Å². The summed E-state index contributed by atoms with van der Waals surface area (Å²) in [7, 11) is 1.59. The minimum absolute atomic E-state index is 0.254. The predicted molar refractivity (Wildman–Crippen MR) is 89.8 cm³/mol. The Bertz CT molecular complexity index is 716. The van der Waals surface area contributed by atoms with Crippen LogP contribution in [0.4, 0.5) is 5.82 Å². The number of imidazole rings is 1. The second-order valence-corrected chi connectivity index (χ2v) is 5.94. The normalized spacial score (nSPS) is 15.0. The maximum absolute atomic E-state index is 12.2. The number of morpholine rings is 1. The van der Waals surface area contributed by atoms with Crippen LogP contribution in [0.25, 0.3) is 5.65 Å². The van der Waals surface area contributed by atoms with E-state index in [2.05, 4.69) is 25.3 Å². The summed E-state index contributed by atoms with van der Waals surface area (Å²) < 4.78 is 11.9. The highest BCUT2D eigenvalue weighted by Gasteiger charge is 2.21. The number of carbonyl (C=O) groups excluding carboxylic acids is 1. The Hall–Kier alpha value is -1.91. The summed E-state index contributed by atoms with van der Waals surface area (Å²) in [6.07, 6.45) is 3.54. The second kappa shape index (κ2) is 7.77. The number of nitrogens with one attached hydrogen (secondary N) is 1. The number of anilines is 1. The van der Waals surface area contributed by atoms with Gasteiger partial charge in [0, 0.05) is 26.7 Å². The predicted octanol–water partition coefficient (Wildman–Crippen LogP) is 0.0590. The number of rotatable bonds is 6. The first kappa shape index (κ1) is 16.9. The van der Waals surface area contributed by atoms with Gasteiger partial charge in [-0.1, -0.05) is 11.8 Å². The smallest absolute Gasteiger partial charge is 0.271 e. The fourth-order valence-corrected chi connectivity index (χ4v) is 2.74. The third-order valence-electron chi connectivity index (χ3n) is 3.60. The van der Waals surface area contributed by atoms with Crippen LogP contribution in [0.2, 0.25) is 0 Å². The number of fused-ring (bicyclic) bond motifs is 1. The van der Waals surface area contributed by atoms with Crippen LogP contribution in [0.3, 0.4) is 0 Å². The van der Waals surface area contributed by atoms with Crippen LogP contribution in [-0.4, -0.2) is 78.3 Å². The largest absolute Gasteiger partial charge is 0.383 e. The molecular formula is C14H20N6O3S. The van der Waals surface area contributed by atoms with Crippen LogP contribution in [0.15, 0.2) is 11.4 Å². The summed E-state index contributed by atoms with van der Waals surface area (Å²) in [6.45, 7) is 3.66. The molecular weight excluding hydrogens is 332 g/mol. The molecule has 1 aliphatic rings. The third kappa shape index (κ3) is 3.60. The monoisotopic (exact) mass is 352 g/mol. The van der Waals surface area contributed by atoms with E-state index in [1.54, 1.807) is 17.8 Å². The zero-order valence-electron chi connectivity index (χ0n) is 13.7. The zero-order chi connectivity index (χ0) is 16.9. The van der Waals surface area contributed by atoms with Gasteiger partial charge in [0.05, 0.1) is 26.0 Å².